The van der Waals surface area contributed by atoms with Crippen molar-refractivity contribution in [2.24, 2.45) is 0 Å². The van der Waals surface area contributed by atoms with Gasteiger partial charge in [0.25, 0.3) is 0 Å². The van der Waals surface area contributed by atoms with Crippen molar-refractivity contribution in [2.45, 2.75) is 5.60 Å². The molecule has 4 heteroatoms. The fraction of sp³-hybridized carbons (Fsp3) is 0.176. The summed E-state index contributed by atoms with van der Waals surface area (Å²) in [5.74, 6) is 0. The summed E-state index contributed by atoms with van der Waals surface area (Å²) < 4.78 is 5.90. The third kappa shape index (κ3) is 3.35. The van der Waals surface area contributed by atoms with E-state index in [9.17, 15) is 10.1 Å². The number of hydrogen-bond acceptors (Lipinski definition) is 3. The lowest BCUT2D eigenvalue weighted by Crippen LogP contribution is -2.38. The minimum atomic E-state index is -1.11. The van der Waals surface area contributed by atoms with Gasteiger partial charge in [0.05, 0.1) is 6.61 Å². The van der Waals surface area contributed by atoms with E-state index in [2.05, 4.69) is 6.58 Å². The lowest BCUT2D eigenvalue weighted by atomic mass is 9.86. The molecule has 0 saturated heterocycles. The molecule has 108 valence electrons. The molecule has 2 aromatic rings. The van der Waals surface area contributed by atoms with Crippen molar-refractivity contribution in [3.8, 4) is 0 Å². The highest BCUT2D eigenvalue weighted by Crippen LogP contribution is 2.34. The normalized spacial score (nSPS) is 11.0. The summed E-state index contributed by atoms with van der Waals surface area (Å²) in [6.45, 7) is 3.53. The molecule has 0 atom stereocenters. The Morgan fingerprint density at radius 1 is 1.05 bits per heavy atom. The van der Waals surface area contributed by atoms with Crippen molar-refractivity contribution in [2.75, 3.05) is 13.2 Å². The van der Waals surface area contributed by atoms with E-state index in [4.69, 9.17) is 4.74 Å². The monoisotopic (exact) mass is 283 g/mol. The van der Waals surface area contributed by atoms with Gasteiger partial charge in [-0.05, 0) is 11.1 Å². The first kappa shape index (κ1) is 14.9. The Hall–Kier alpha value is -2.46. The first-order chi connectivity index (χ1) is 10.2. The second-order valence-corrected chi connectivity index (χ2v) is 4.65. The molecule has 0 fully saturated rings. The zero-order valence-corrected chi connectivity index (χ0v) is 11.6. The van der Waals surface area contributed by atoms with Crippen LogP contribution in [0.15, 0.2) is 73.3 Å². The minimum Gasteiger partial charge on any atom is -0.355 e. The van der Waals surface area contributed by atoms with Gasteiger partial charge in [-0.15, -0.1) is 6.58 Å². The molecule has 0 aliphatic heterocycles. The van der Waals surface area contributed by atoms with Crippen LogP contribution in [0.3, 0.4) is 0 Å². The predicted molar refractivity (Wildman–Crippen MR) is 81.7 cm³/mol. The van der Waals surface area contributed by atoms with Crippen LogP contribution in [0.25, 0.3) is 0 Å². The van der Waals surface area contributed by atoms with Gasteiger partial charge in [-0.25, -0.2) is 0 Å². The van der Waals surface area contributed by atoms with Crippen molar-refractivity contribution in [3.63, 3.8) is 0 Å². The van der Waals surface area contributed by atoms with Crippen LogP contribution < -0.4 is 0 Å². The van der Waals surface area contributed by atoms with Crippen LogP contribution in [-0.2, 0) is 10.3 Å². The zero-order chi connectivity index (χ0) is 15.1. The standard InChI is InChI=1S/C17H17NO3/c1-2-13-21-17(14-18(19)20,15-9-5-3-6-10-15)16-11-7-4-8-12-16/h2-12H,1,13-14H2. The maximum atomic E-state index is 11.2. The highest BCUT2D eigenvalue weighted by Gasteiger charge is 2.40. The molecule has 0 saturated carbocycles. The van der Waals surface area contributed by atoms with Crippen LogP contribution >= 0.6 is 0 Å². The van der Waals surface area contributed by atoms with Gasteiger partial charge in [-0.3, -0.25) is 10.1 Å². The highest BCUT2D eigenvalue weighted by molar-refractivity contribution is 5.36. The summed E-state index contributed by atoms with van der Waals surface area (Å²) in [6, 6.07) is 18.5. The molecule has 0 heterocycles. The van der Waals surface area contributed by atoms with Crippen molar-refractivity contribution >= 4 is 0 Å². The molecule has 4 nitrogen and oxygen atoms in total. The maximum absolute atomic E-state index is 11.2. The first-order valence-corrected chi connectivity index (χ1v) is 6.67. The summed E-state index contributed by atoms with van der Waals surface area (Å²) >= 11 is 0. The van der Waals surface area contributed by atoms with Crippen molar-refractivity contribution in [3.05, 3.63) is 94.6 Å². The Labute approximate surface area is 123 Å². The number of nitro groups is 1. The van der Waals surface area contributed by atoms with E-state index in [0.717, 1.165) is 11.1 Å². The van der Waals surface area contributed by atoms with Crippen LogP contribution in [-0.4, -0.2) is 18.1 Å². The molecule has 0 radical (unpaired) electrons. The van der Waals surface area contributed by atoms with Crippen molar-refractivity contribution in [1.29, 1.82) is 0 Å². The third-order valence-electron chi connectivity index (χ3n) is 3.28. The van der Waals surface area contributed by atoms with E-state index < -0.39 is 5.60 Å². The molecule has 2 rings (SSSR count). The molecular weight excluding hydrogens is 266 g/mol. The molecule has 2 aromatic carbocycles. The van der Waals surface area contributed by atoms with Crippen LogP contribution in [0, 0.1) is 10.1 Å². The van der Waals surface area contributed by atoms with Gasteiger partial charge in [-0.2, -0.15) is 0 Å². The number of benzene rings is 2. The summed E-state index contributed by atoms with van der Waals surface area (Å²) in [7, 11) is 0. The molecule has 0 amide bonds. The van der Waals surface area contributed by atoms with Crippen molar-refractivity contribution in [1.82, 2.24) is 0 Å². The average molecular weight is 283 g/mol. The molecule has 21 heavy (non-hydrogen) atoms. The van der Waals surface area contributed by atoms with Crippen LogP contribution in [0.1, 0.15) is 11.1 Å². The van der Waals surface area contributed by atoms with Gasteiger partial charge in [0.1, 0.15) is 0 Å². The molecular formula is C17H17NO3. The van der Waals surface area contributed by atoms with E-state index in [1.54, 1.807) is 6.08 Å². The fourth-order valence-corrected chi connectivity index (χ4v) is 2.36. The molecule has 0 aromatic heterocycles. The molecule has 0 aliphatic carbocycles. The van der Waals surface area contributed by atoms with Gasteiger partial charge in [0.15, 0.2) is 5.60 Å². The summed E-state index contributed by atoms with van der Waals surface area (Å²) in [5.41, 5.74) is 0.407. The van der Waals surface area contributed by atoms with Crippen molar-refractivity contribution < 1.29 is 9.66 Å². The predicted octanol–water partition coefficient (Wildman–Crippen LogP) is 3.41. The molecule has 0 unspecified atom stereocenters. The first-order valence-electron chi connectivity index (χ1n) is 6.67. The summed E-state index contributed by atoms with van der Waals surface area (Å²) in [6.07, 6.45) is 1.60. The third-order valence-corrected chi connectivity index (χ3v) is 3.28. The second-order valence-electron chi connectivity index (χ2n) is 4.65. The Bertz CT molecular complexity index is 556. The number of rotatable bonds is 7. The SMILES string of the molecule is C=CCOC(C[N+](=O)[O-])(c1ccccc1)c1ccccc1. The van der Waals surface area contributed by atoms with Gasteiger partial charge in [0.2, 0.25) is 6.54 Å². The largest absolute Gasteiger partial charge is 0.355 e. The fourth-order valence-electron chi connectivity index (χ4n) is 2.36. The lowest BCUT2D eigenvalue weighted by Gasteiger charge is -2.31. The smallest absolute Gasteiger partial charge is 0.240 e. The number of hydrogen-bond donors (Lipinski definition) is 0. The molecule has 0 bridgehead atoms. The Morgan fingerprint density at radius 2 is 1.52 bits per heavy atom. The van der Waals surface area contributed by atoms with E-state index in [1.807, 2.05) is 60.7 Å². The van der Waals surface area contributed by atoms with Crippen LogP contribution in [0.5, 0.6) is 0 Å². The Kier molecular flexibility index (Phi) is 4.85. The van der Waals surface area contributed by atoms with Crippen LogP contribution in [0.2, 0.25) is 0 Å². The average Bonchev–Trinajstić information content (AvgIpc) is 2.53. The van der Waals surface area contributed by atoms with Gasteiger partial charge < -0.3 is 4.74 Å². The molecule has 0 spiro atoms. The van der Waals surface area contributed by atoms with Crippen LogP contribution in [0.4, 0.5) is 0 Å². The topological polar surface area (TPSA) is 52.4 Å². The number of ether oxygens (including phenoxy) is 1. The summed E-state index contributed by atoms with van der Waals surface area (Å²) in [5, 5.41) is 11.2. The Balaban J connectivity index is 2.58. The highest BCUT2D eigenvalue weighted by atomic mass is 16.6. The molecule has 0 N–H and O–H groups in total. The van der Waals surface area contributed by atoms with E-state index >= 15 is 0 Å². The van der Waals surface area contributed by atoms with Gasteiger partial charge >= 0.3 is 0 Å². The molecule has 0 aliphatic rings. The second kappa shape index (κ2) is 6.81. The Morgan fingerprint density at radius 3 is 1.90 bits per heavy atom. The summed E-state index contributed by atoms with van der Waals surface area (Å²) in [4.78, 5) is 10.9. The van der Waals surface area contributed by atoms with E-state index in [1.165, 1.54) is 0 Å². The quantitative estimate of drug-likeness (QED) is 0.444. The van der Waals surface area contributed by atoms with Gasteiger partial charge in [0, 0.05) is 4.92 Å². The van der Waals surface area contributed by atoms with Gasteiger partial charge in [-0.1, -0.05) is 66.7 Å². The van der Waals surface area contributed by atoms with E-state index in [-0.39, 0.29) is 18.1 Å². The lowest BCUT2D eigenvalue weighted by molar-refractivity contribution is -0.501. The zero-order valence-electron chi connectivity index (χ0n) is 11.6. The minimum absolute atomic E-state index is 0.234. The number of nitrogens with zero attached hydrogens (tertiary/aromatic N) is 1. The van der Waals surface area contributed by atoms with E-state index in [0.29, 0.717) is 0 Å². The maximum Gasteiger partial charge on any atom is 0.240 e.